The molecule has 21 heavy (non-hydrogen) atoms. The van der Waals surface area contributed by atoms with Gasteiger partial charge in [0.2, 0.25) is 0 Å². The van der Waals surface area contributed by atoms with E-state index in [-0.39, 0.29) is 15.7 Å². The van der Waals surface area contributed by atoms with Crippen molar-refractivity contribution in [3.8, 4) is 0 Å². The number of nitrogens with zero attached hydrogens (tertiary/aromatic N) is 4. The molecule has 0 aromatic carbocycles. The minimum absolute atomic E-state index is 0.0119. The lowest BCUT2D eigenvalue weighted by Gasteiger charge is -2.32. The van der Waals surface area contributed by atoms with Gasteiger partial charge >= 0.3 is 6.18 Å². The highest BCUT2D eigenvalue weighted by atomic mass is 35.5. The van der Waals surface area contributed by atoms with Crippen LogP contribution in [0.15, 0.2) is 11.3 Å². The SMILES string of the molecule is CC1=NN(C(=O)Cn2cc(Cl)c(C)n2)[C@@](O)(C(F)(F)F)C1. The molecule has 0 fully saturated rings. The number of aromatic nitrogens is 2. The van der Waals surface area contributed by atoms with Crippen molar-refractivity contribution >= 4 is 23.2 Å². The van der Waals surface area contributed by atoms with Crippen LogP contribution in [0.25, 0.3) is 0 Å². The van der Waals surface area contributed by atoms with Crippen LogP contribution < -0.4 is 0 Å². The van der Waals surface area contributed by atoms with Crippen molar-refractivity contribution in [1.82, 2.24) is 14.8 Å². The first-order valence-corrected chi connectivity index (χ1v) is 6.28. The van der Waals surface area contributed by atoms with Gasteiger partial charge in [-0.2, -0.15) is 28.4 Å². The summed E-state index contributed by atoms with van der Waals surface area (Å²) in [7, 11) is 0. The molecule has 0 saturated carbocycles. The minimum atomic E-state index is -5.01. The first-order chi connectivity index (χ1) is 9.54. The molecule has 10 heteroatoms. The average molecular weight is 325 g/mol. The smallest absolute Gasteiger partial charge is 0.362 e. The van der Waals surface area contributed by atoms with Crippen LogP contribution in [0.1, 0.15) is 19.0 Å². The molecule has 1 aliphatic heterocycles. The van der Waals surface area contributed by atoms with Crippen molar-refractivity contribution < 1.29 is 23.1 Å². The van der Waals surface area contributed by atoms with E-state index in [9.17, 15) is 23.1 Å². The summed E-state index contributed by atoms with van der Waals surface area (Å²) in [4.78, 5) is 12.0. The number of aliphatic hydroxyl groups is 1. The molecule has 6 nitrogen and oxygen atoms in total. The maximum atomic E-state index is 13.0. The van der Waals surface area contributed by atoms with E-state index in [0.717, 1.165) is 4.68 Å². The second kappa shape index (κ2) is 4.99. The number of amides is 1. The third-order valence-corrected chi connectivity index (χ3v) is 3.37. The van der Waals surface area contributed by atoms with Gasteiger partial charge in [-0.05, 0) is 13.8 Å². The Morgan fingerprint density at radius 1 is 1.52 bits per heavy atom. The van der Waals surface area contributed by atoms with Gasteiger partial charge in [0.05, 0.1) is 10.7 Å². The van der Waals surface area contributed by atoms with Crippen molar-refractivity contribution in [2.75, 3.05) is 0 Å². The Morgan fingerprint density at radius 3 is 2.62 bits per heavy atom. The molecule has 1 N–H and O–H groups in total. The lowest BCUT2D eigenvalue weighted by Crippen LogP contribution is -2.57. The molecule has 1 aromatic heterocycles. The van der Waals surface area contributed by atoms with Gasteiger partial charge in [0, 0.05) is 18.3 Å². The molecule has 1 aliphatic rings. The summed E-state index contributed by atoms with van der Waals surface area (Å²) < 4.78 is 40.0. The van der Waals surface area contributed by atoms with Crippen LogP contribution >= 0.6 is 11.6 Å². The van der Waals surface area contributed by atoms with E-state index < -0.39 is 30.8 Å². The van der Waals surface area contributed by atoms with Crippen molar-refractivity contribution in [2.45, 2.75) is 38.7 Å². The molecule has 0 saturated heterocycles. The van der Waals surface area contributed by atoms with E-state index in [1.54, 1.807) is 6.92 Å². The lowest BCUT2D eigenvalue weighted by molar-refractivity contribution is -0.302. The summed E-state index contributed by atoms with van der Waals surface area (Å²) >= 11 is 5.76. The van der Waals surface area contributed by atoms with Crippen LogP contribution in [0.4, 0.5) is 13.2 Å². The van der Waals surface area contributed by atoms with Gasteiger partial charge in [-0.3, -0.25) is 9.48 Å². The van der Waals surface area contributed by atoms with Crippen LogP contribution in [-0.4, -0.2) is 43.4 Å². The van der Waals surface area contributed by atoms with Gasteiger partial charge in [0.15, 0.2) is 0 Å². The first-order valence-electron chi connectivity index (χ1n) is 5.90. The molecule has 2 rings (SSSR count). The normalized spacial score (nSPS) is 22.6. The quantitative estimate of drug-likeness (QED) is 0.900. The minimum Gasteiger partial charge on any atom is -0.362 e. The van der Waals surface area contributed by atoms with Gasteiger partial charge in [-0.1, -0.05) is 11.6 Å². The molecule has 1 amide bonds. The Hall–Kier alpha value is -1.61. The number of hydrogen-bond donors (Lipinski definition) is 1. The fourth-order valence-electron chi connectivity index (χ4n) is 1.98. The number of carbonyl (C=O) groups excluding carboxylic acids is 1. The summed E-state index contributed by atoms with van der Waals surface area (Å²) in [6, 6.07) is 0. The molecule has 116 valence electrons. The Bertz CT molecular complexity index is 594. The van der Waals surface area contributed by atoms with Crippen molar-refractivity contribution in [3.05, 3.63) is 16.9 Å². The summed E-state index contributed by atoms with van der Waals surface area (Å²) in [6.07, 6.45) is -4.48. The largest absolute Gasteiger partial charge is 0.438 e. The fourth-order valence-corrected chi connectivity index (χ4v) is 2.13. The van der Waals surface area contributed by atoms with Crippen molar-refractivity contribution in [2.24, 2.45) is 5.10 Å². The number of alkyl halides is 3. The summed E-state index contributed by atoms with van der Waals surface area (Å²) in [5.41, 5.74) is -2.87. The second-order valence-corrected chi connectivity index (χ2v) is 5.20. The predicted molar refractivity (Wildman–Crippen MR) is 67.6 cm³/mol. The van der Waals surface area contributed by atoms with Gasteiger partial charge in [-0.15, -0.1) is 0 Å². The maximum absolute atomic E-state index is 13.0. The molecular formula is C11H12ClF3N4O2. The topological polar surface area (TPSA) is 70.7 Å². The number of halogens is 4. The molecule has 2 heterocycles. The lowest BCUT2D eigenvalue weighted by atomic mass is 10.1. The zero-order chi connectivity index (χ0) is 16.0. The van der Waals surface area contributed by atoms with E-state index in [1.807, 2.05) is 0 Å². The zero-order valence-corrected chi connectivity index (χ0v) is 11.9. The molecule has 0 unspecified atom stereocenters. The van der Waals surface area contributed by atoms with E-state index >= 15 is 0 Å². The molecule has 0 bridgehead atoms. The first kappa shape index (κ1) is 15.8. The number of rotatable bonds is 2. The Labute approximate surface area is 122 Å². The van der Waals surface area contributed by atoms with Crippen LogP contribution in [-0.2, 0) is 11.3 Å². The van der Waals surface area contributed by atoms with Gasteiger partial charge < -0.3 is 5.11 Å². The molecule has 0 spiro atoms. The van der Waals surface area contributed by atoms with Crippen molar-refractivity contribution in [3.63, 3.8) is 0 Å². The summed E-state index contributed by atoms with van der Waals surface area (Å²) in [5.74, 6) is -1.04. The van der Waals surface area contributed by atoms with Gasteiger partial charge in [0.1, 0.15) is 6.54 Å². The van der Waals surface area contributed by atoms with E-state index in [4.69, 9.17) is 11.6 Å². The number of carbonyl (C=O) groups is 1. The highest BCUT2D eigenvalue weighted by Crippen LogP contribution is 2.40. The molecule has 0 radical (unpaired) electrons. The van der Waals surface area contributed by atoms with Crippen LogP contribution in [0, 0.1) is 6.92 Å². The Balaban J connectivity index is 2.24. The average Bonchev–Trinajstić information content (AvgIpc) is 2.79. The zero-order valence-electron chi connectivity index (χ0n) is 11.1. The monoisotopic (exact) mass is 324 g/mol. The third-order valence-electron chi connectivity index (χ3n) is 3.00. The van der Waals surface area contributed by atoms with Gasteiger partial charge in [-0.25, -0.2) is 0 Å². The molecule has 1 atom stereocenters. The van der Waals surface area contributed by atoms with Crippen molar-refractivity contribution in [1.29, 1.82) is 0 Å². The van der Waals surface area contributed by atoms with E-state index in [2.05, 4.69) is 10.2 Å². The van der Waals surface area contributed by atoms with Crippen LogP contribution in [0.3, 0.4) is 0 Å². The highest BCUT2D eigenvalue weighted by Gasteiger charge is 2.62. The van der Waals surface area contributed by atoms with Crippen LogP contribution in [0.5, 0.6) is 0 Å². The Morgan fingerprint density at radius 2 is 2.14 bits per heavy atom. The van der Waals surface area contributed by atoms with E-state index in [0.29, 0.717) is 5.69 Å². The standard InChI is InChI=1S/C11H12ClF3N4O2/c1-6-3-10(21,11(13,14)15)19(16-6)9(20)5-18-4-8(12)7(2)17-18/h4,21H,3,5H2,1-2H3/t10-/m0/s1. The third kappa shape index (κ3) is 2.75. The van der Waals surface area contributed by atoms with Gasteiger partial charge in [0.25, 0.3) is 11.6 Å². The number of aryl methyl sites for hydroxylation is 1. The van der Waals surface area contributed by atoms with E-state index in [1.165, 1.54) is 13.1 Å². The number of hydrogen-bond acceptors (Lipinski definition) is 4. The Kier molecular flexibility index (Phi) is 3.75. The maximum Gasteiger partial charge on any atom is 0.438 e. The summed E-state index contributed by atoms with van der Waals surface area (Å²) in [6.45, 7) is 2.38. The highest BCUT2D eigenvalue weighted by molar-refractivity contribution is 6.31. The number of hydrazone groups is 1. The molecular weight excluding hydrogens is 313 g/mol. The predicted octanol–water partition coefficient (Wildman–Crippen LogP) is 1.70. The van der Waals surface area contributed by atoms with Crippen LogP contribution in [0.2, 0.25) is 5.02 Å². The fraction of sp³-hybridized carbons (Fsp3) is 0.545. The molecule has 1 aromatic rings. The summed E-state index contributed by atoms with van der Waals surface area (Å²) in [5, 5.41) is 17.5. The molecule has 0 aliphatic carbocycles. The second-order valence-electron chi connectivity index (χ2n) is 4.79.